The number of carbonyl (C=O) groups excluding carboxylic acids is 1. The molecule has 0 unspecified atom stereocenters. The van der Waals surface area contributed by atoms with Crippen LogP contribution in [-0.4, -0.2) is 35.8 Å². The lowest BCUT2D eigenvalue weighted by molar-refractivity contribution is 0.00744. The van der Waals surface area contributed by atoms with Crippen LogP contribution in [0.3, 0.4) is 0 Å². The summed E-state index contributed by atoms with van der Waals surface area (Å²) in [6.07, 6.45) is 2.99. The fourth-order valence-corrected chi connectivity index (χ4v) is 2.85. The van der Waals surface area contributed by atoms with Crippen molar-refractivity contribution >= 4 is 11.8 Å². The molecule has 0 spiro atoms. The Morgan fingerprint density at radius 1 is 1.32 bits per heavy atom. The van der Waals surface area contributed by atoms with Crippen LogP contribution in [0.2, 0.25) is 0 Å². The van der Waals surface area contributed by atoms with E-state index in [9.17, 15) is 13.6 Å². The summed E-state index contributed by atoms with van der Waals surface area (Å²) >= 11 is 0. The zero-order valence-electron chi connectivity index (χ0n) is 15.0. The molecular weight excluding hydrogens is 330 g/mol. The van der Waals surface area contributed by atoms with E-state index in [0.29, 0.717) is 19.0 Å². The van der Waals surface area contributed by atoms with Crippen LogP contribution in [0.5, 0.6) is 5.75 Å². The number of amides is 1. The lowest BCUT2D eigenvalue weighted by atomic mass is 10.0. The average Bonchev–Trinajstić information content (AvgIpc) is 2.50. The maximum absolute atomic E-state index is 13.4. The molecule has 1 aromatic carbocycles. The van der Waals surface area contributed by atoms with E-state index in [2.05, 4.69) is 0 Å². The third kappa shape index (κ3) is 5.47. The number of carbonyl (C=O) groups is 1. The number of benzene rings is 1. The zero-order chi connectivity index (χ0) is 18.6. The lowest BCUT2D eigenvalue weighted by Gasteiger charge is -2.36. The standard InChI is InChI=1S/C18H26F2N2O3/c1-18(2,3)25-17(23)22-8-5-4-6-13(22)7-9-24-15-11-12(19)10-14(20)16(15)21/h10-11,13H,4-9,21H2,1-3H3/t13-/m1/s1. The quantitative estimate of drug-likeness (QED) is 0.825. The Morgan fingerprint density at radius 3 is 2.72 bits per heavy atom. The average molecular weight is 356 g/mol. The van der Waals surface area contributed by atoms with Gasteiger partial charge in [0.1, 0.15) is 22.9 Å². The Balaban J connectivity index is 1.95. The van der Waals surface area contributed by atoms with Crippen LogP contribution < -0.4 is 10.5 Å². The molecule has 2 N–H and O–H groups in total. The summed E-state index contributed by atoms with van der Waals surface area (Å²) in [5, 5.41) is 0. The minimum Gasteiger partial charge on any atom is -0.491 e. The molecule has 0 saturated carbocycles. The number of nitrogens with two attached hydrogens (primary N) is 1. The highest BCUT2D eigenvalue weighted by atomic mass is 19.1. The number of nitrogen functional groups attached to an aromatic ring is 1. The van der Waals surface area contributed by atoms with E-state index < -0.39 is 17.2 Å². The van der Waals surface area contributed by atoms with Gasteiger partial charge in [-0.15, -0.1) is 0 Å². The van der Waals surface area contributed by atoms with E-state index in [-0.39, 0.29) is 30.2 Å². The van der Waals surface area contributed by atoms with Gasteiger partial charge < -0.3 is 20.1 Å². The van der Waals surface area contributed by atoms with E-state index in [0.717, 1.165) is 25.3 Å². The molecule has 1 aromatic rings. The summed E-state index contributed by atoms with van der Waals surface area (Å²) in [5.74, 6) is -1.60. The molecule has 0 radical (unpaired) electrons. The maximum Gasteiger partial charge on any atom is 0.410 e. The highest BCUT2D eigenvalue weighted by molar-refractivity contribution is 5.68. The van der Waals surface area contributed by atoms with Gasteiger partial charge in [-0.25, -0.2) is 13.6 Å². The molecule has 1 fully saturated rings. The second-order valence-electron chi connectivity index (χ2n) is 7.26. The molecule has 2 rings (SSSR count). The molecule has 25 heavy (non-hydrogen) atoms. The van der Waals surface area contributed by atoms with Crippen molar-refractivity contribution in [2.24, 2.45) is 0 Å². The monoisotopic (exact) mass is 356 g/mol. The van der Waals surface area contributed by atoms with Gasteiger partial charge in [0, 0.05) is 31.1 Å². The number of hydrogen-bond donors (Lipinski definition) is 1. The van der Waals surface area contributed by atoms with E-state index in [1.165, 1.54) is 0 Å². The van der Waals surface area contributed by atoms with Gasteiger partial charge in [0.15, 0.2) is 5.82 Å². The maximum atomic E-state index is 13.4. The first kappa shape index (κ1) is 19.3. The van der Waals surface area contributed by atoms with Gasteiger partial charge in [-0.1, -0.05) is 0 Å². The van der Waals surface area contributed by atoms with Crippen molar-refractivity contribution in [3.63, 3.8) is 0 Å². The number of likely N-dealkylation sites (tertiary alicyclic amines) is 1. The Morgan fingerprint density at radius 2 is 2.04 bits per heavy atom. The number of piperidine rings is 1. The molecule has 1 amide bonds. The van der Waals surface area contributed by atoms with Gasteiger partial charge in [0.2, 0.25) is 0 Å². The van der Waals surface area contributed by atoms with Crippen molar-refractivity contribution < 1.29 is 23.0 Å². The number of ether oxygens (including phenoxy) is 2. The number of halogens is 2. The van der Waals surface area contributed by atoms with Crippen molar-refractivity contribution in [3.8, 4) is 5.75 Å². The van der Waals surface area contributed by atoms with Crippen LogP contribution in [0, 0.1) is 11.6 Å². The summed E-state index contributed by atoms with van der Waals surface area (Å²) < 4.78 is 37.6. The first-order valence-electron chi connectivity index (χ1n) is 8.54. The van der Waals surface area contributed by atoms with Crippen LogP contribution in [-0.2, 0) is 4.74 Å². The van der Waals surface area contributed by atoms with Gasteiger partial charge in [0.05, 0.1) is 6.61 Å². The molecule has 1 atom stereocenters. The highest BCUT2D eigenvalue weighted by Gasteiger charge is 2.30. The van der Waals surface area contributed by atoms with Crippen LogP contribution in [0.1, 0.15) is 46.5 Å². The second-order valence-corrected chi connectivity index (χ2v) is 7.26. The van der Waals surface area contributed by atoms with Crippen molar-refractivity contribution in [1.29, 1.82) is 0 Å². The first-order valence-corrected chi connectivity index (χ1v) is 8.54. The molecule has 1 aliphatic rings. The third-order valence-electron chi connectivity index (χ3n) is 4.02. The summed E-state index contributed by atoms with van der Waals surface area (Å²) in [6.45, 7) is 6.32. The molecule has 0 aromatic heterocycles. The Hall–Kier alpha value is -2.05. The molecule has 1 saturated heterocycles. The van der Waals surface area contributed by atoms with Gasteiger partial charge in [-0.05, 0) is 40.0 Å². The van der Waals surface area contributed by atoms with Gasteiger partial charge in [0.25, 0.3) is 0 Å². The molecule has 0 aliphatic carbocycles. The van der Waals surface area contributed by atoms with Crippen LogP contribution >= 0.6 is 0 Å². The van der Waals surface area contributed by atoms with Crippen LogP contribution in [0.25, 0.3) is 0 Å². The molecule has 5 nitrogen and oxygen atoms in total. The molecule has 0 bridgehead atoms. The van der Waals surface area contributed by atoms with E-state index in [4.69, 9.17) is 15.2 Å². The van der Waals surface area contributed by atoms with Crippen molar-refractivity contribution in [1.82, 2.24) is 4.90 Å². The summed E-state index contributed by atoms with van der Waals surface area (Å²) in [4.78, 5) is 14.1. The summed E-state index contributed by atoms with van der Waals surface area (Å²) in [7, 11) is 0. The van der Waals surface area contributed by atoms with Crippen LogP contribution in [0.15, 0.2) is 12.1 Å². The Labute approximate surface area is 147 Å². The number of anilines is 1. The normalized spacial score (nSPS) is 18.1. The predicted molar refractivity (Wildman–Crippen MR) is 91.5 cm³/mol. The highest BCUT2D eigenvalue weighted by Crippen LogP contribution is 2.27. The fourth-order valence-electron chi connectivity index (χ4n) is 2.85. The zero-order valence-corrected chi connectivity index (χ0v) is 15.0. The van der Waals surface area contributed by atoms with Crippen LogP contribution in [0.4, 0.5) is 19.3 Å². The summed E-state index contributed by atoms with van der Waals surface area (Å²) in [6, 6.07) is 1.75. The topological polar surface area (TPSA) is 64.8 Å². The van der Waals surface area contributed by atoms with Crippen molar-refractivity contribution in [3.05, 3.63) is 23.8 Å². The van der Waals surface area contributed by atoms with Gasteiger partial charge in [-0.3, -0.25) is 0 Å². The Bertz CT molecular complexity index is 617. The smallest absolute Gasteiger partial charge is 0.410 e. The number of rotatable bonds is 4. The van der Waals surface area contributed by atoms with Gasteiger partial charge in [-0.2, -0.15) is 0 Å². The first-order chi connectivity index (χ1) is 11.7. The second kappa shape index (κ2) is 7.89. The number of hydrogen-bond acceptors (Lipinski definition) is 4. The van der Waals surface area contributed by atoms with E-state index in [1.54, 1.807) is 4.90 Å². The van der Waals surface area contributed by atoms with Crippen molar-refractivity contribution in [2.75, 3.05) is 18.9 Å². The van der Waals surface area contributed by atoms with Gasteiger partial charge >= 0.3 is 6.09 Å². The predicted octanol–water partition coefficient (Wildman–Crippen LogP) is 4.11. The molecular formula is C18H26F2N2O3. The lowest BCUT2D eigenvalue weighted by Crippen LogP contribution is -2.46. The number of nitrogens with zero attached hydrogens (tertiary/aromatic N) is 1. The molecule has 1 aliphatic heterocycles. The van der Waals surface area contributed by atoms with Crippen molar-refractivity contribution in [2.45, 2.75) is 58.1 Å². The Kier molecular flexibility index (Phi) is 6.08. The van der Waals surface area contributed by atoms with E-state index >= 15 is 0 Å². The fraction of sp³-hybridized carbons (Fsp3) is 0.611. The summed E-state index contributed by atoms with van der Waals surface area (Å²) in [5.41, 5.74) is 4.80. The third-order valence-corrected chi connectivity index (χ3v) is 4.02. The molecule has 1 heterocycles. The van der Waals surface area contributed by atoms with E-state index in [1.807, 2.05) is 20.8 Å². The minimum atomic E-state index is -0.844. The minimum absolute atomic E-state index is 0.0165. The molecule has 140 valence electrons. The largest absolute Gasteiger partial charge is 0.491 e. The molecule has 7 heteroatoms. The SMILES string of the molecule is CC(C)(C)OC(=O)N1CCCC[C@@H]1CCOc1cc(F)cc(F)c1N.